The molecule has 0 spiro atoms. The Balaban J connectivity index is 1.43. The van der Waals surface area contributed by atoms with Crippen molar-refractivity contribution in [2.24, 2.45) is 0 Å². The van der Waals surface area contributed by atoms with Crippen LogP contribution in [0.4, 0.5) is 5.00 Å². The summed E-state index contributed by atoms with van der Waals surface area (Å²) in [6, 6.07) is 16.8. The van der Waals surface area contributed by atoms with E-state index >= 15 is 0 Å². The highest BCUT2D eigenvalue weighted by Crippen LogP contribution is 2.38. The van der Waals surface area contributed by atoms with Gasteiger partial charge < -0.3 is 10.6 Å². The molecule has 4 nitrogen and oxygen atoms in total. The number of fused-ring (bicyclic) bond motifs is 2. The molecule has 27 heavy (non-hydrogen) atoms. The van der Waals surface area contributed by atoms with Gasteiger partial charge in [0.2, 0.25) is 5.91 Å². The van der Waals surface area contributed by atoms with Crippen molar-refractivity contribution in [3.05, 3.63) is 64.0 Å². The molecule has 2 N–H and O–H groups in total. The number of hydrogen-bond acceptors (Lipinski definition) is 4. The van der Waals surface area contributed by atoms with E-state index in [9.17, 15) is 10.1 Å². The van der Waals surface area contributed by atoms with Crippen LogP contribution >= 0.6 is 11.3 Å². The van der Waals surface area contributed by atoms with Gasteiger partial charge in [0.1, 0.15) is 11.1 Å². The molecule has 0 fully saturated rings. The molecule has 2 aromatic carbocycles. The third-order valence-electron chi connectivity index (χ3n) is 5.14. The predicted molar refractivity (Wildman–Crippen MR) is 110 cm³/mol. The summed E-state index contributed by atoms with van der Waals surface area (Å²) >= 11 is 1.55. The number of nitrogens with zero attached hydrogens (tertiary/aromatic N) is 1. The molecule has 1 amide bonds. The highest BCUT2D eigenvalue weighted by molar-refractivity contribution is 7.16. The summed E-state index contributed by atoms with van der Waals surface area (Å²) in [6.07, 6.45) is 3.07. The van der Waals surface area contributed by atoms with E-state index < -0.39 is 0 Å². The molecular weight excluding hydrogens is 354 g/mol. The van der Waals surface area contributed by atoms with Crippen molar-refractivity contribution in [2.45, 2.75) is 32.2 Å². The third kappa shape index (κ3) is 3.46. The second-order valence-corrected chi connectivity index (χ2v) is 8.00. The normalized spacial score (nSPS) is 13.9. The number of carbonyl (C=O) groups excluding carboxylic acids is 1. The second kappa shape index (κ2) is 7.51. The molecule has 136 valence electrons. The van der Waals surface area contributed by atoms with Gasteiger partial charge in [-0.3, -0.25) is 4.79 Å². The lowest BCUT2D eigenvalue weighted by Gasteiger charge is -2.16. The number of anilines is 1. The molecule has 0 aliphatic heterocycles. The fraction of sp³-hybridized carbons (Fsp3) is 0.273. The van der Waals surface area contributed by atoms with E-state index in [0.717, 1.165) is 24.8 Å². The van der Waals surface area contributed by atoms with Gasteiger partial charge in [0.15, 0.2) is 0 Å². The molecule has 0 radical (unpaired) electrons. The third-order valence-corrected chi connectivity index (χ3v) is 6.35. The second-order valence-electron chi connectivity index (χ2n) is 6.89. The molecule has 1 aliphatic rings. The van der Waals surface area contributed by atoms with Crippen LogP contribution in [0.25, 0.3) is 10.8 Å². The first-order valence-corrected chi connectivity index (χ1v) is 10.0. The number of hydrogen-bond donors (Lipinski definition) is 2. The Labute approximate surface area is 162 Å². The van der Waals surface area contributed by atoms with Crippen molar-refractivity contribution in [2.75, 3.05) is 11.9 Å². The molecule has 5 heteroatoms. The summed E-state index contributed by atoms with van der Waals surface area (Å²) in [4.78, 5) is 13.7. The van der Waals surface area contributed by atoms with E-state index in [4.69, 9.17) is 0 Å². The highest BCUT2D eigenvalue weighted by atomic mass is 32.1. The smallest absolute Gasteiger partial charge is 0.238 e. The molecule has 1 aromatic heterocycles. The van der Waals surface area contributed by atoms with Crippen LogP contribution in [0.3, 0.4) is 0 Å². The monoisotopic (exact) mass is 375 g/mol. The van der Waals surface area contributed by atoms with Crippen LogP contribution in [0.2, 0.25) is 0 Å². The summed E-state index contributed by atoms with van der Waals surface area (Å²) < 4.78 is 0. The minimum absolute atomic E-state index is 0.0469. The van der Waals surface area contributed by atoms with Crippen LogP contribution in [0.1, 0.15) is 41.0 Å². The SMILES string of the molecule is C[C@H](NCC(=O)Nc1sc2c(c1C#N)CCC2)c1cccc2ccccc12. The summed E-state index contributed by atoms with van der Waals surface area (Å²) in [7, 11) is 0. The van der Waals surface area contributed by atoms with Gasteiger partial charge in [-0.1, -0.05) is 42.5 Å². The average Bonchev–Trinajstić information content (AvgIpc) is 3.26. The molecule has 0 saturated heterocycles. The largest absolute Gasteiger partial charge is 0.315 e. The molecule has 0 bridgehead atoms. The van der Waals surface area contributed by atoms with Gasteiger partial charge >= 0.3 is 0 Å². The van der Waals surface area contributed by atoms with Crippen LogP contribution in [0.15, 0.2) is 42.5 Å². The molecular formula is C22H21N3OS. The number of aryl methyl sites for hydroxylation is 1. The van der Waals surface area contributed by atoms with Gasteiger partial charge in [0, 0.05) is 10.9 Å². The fourth-order valence-corrected chi connectivity index (χ4v) is 5.02. The van der Waals surface area contributed by atoms with E-state index in [1.807, 2.05) is 18.2 Å². The molecule has 1 heterocycles. The fourth-order valence-electron chi connectivity index (χ4n) is 3.77. The molecule has 4 rings (SSSR count). The van der Waals surface area contributed by atoms with Crippen molar-refractivity contribution in [3.8, 4) is 6.07 Å². The lowest BCUT2D eigenvalue weighted by atomic mass is 10.00. The van der Waals surface area contributed by atoms with Crippen molar-refractivity contribution in [1.29, 1.82) is 5.26 Å². The van der Waals surface area contributed by atoms with E-state index in [2.05, 4.69) is 47.9 Å². The Hall–Kier alpha value is -2.68. The van der Waals surface area contributed by atoms with Gasteiger partial charge in [0.05, 0.1) is 12.1 Å². The zero-order valence-electron chi connectivity index (χ0n) is 15.2. The first kappa shape index (κ1) is 17.7. The number of thiophene rings is 1. The van der Waals surface area contributed by atoms with Crippen molar-refractivity contribution in [1.82, 2.24) is 5.32 Å². The quantitative estimate of drug-likeness (QED) is 0.687. The van der Waals surface area contributed by atoms with E-state index in [0.29, 0.717) is 10.6 Å². The average molecular weight is 375 g/mol. The van der Waals surface area contributed by atoms with Crippen LogP contribution in [-0.2, 0) is 17.6 Å². The molecule has 0 saturated carbocycles. The number of rotatable bonds is 5. The summed E-state index contributed by atoms with van der Waals surface area (Å²) in [5, 5.41) is 18.8. The van der Waals surface area contributed by atoms with Crippen LogP contribution in [0.5, 0.6) is 0 Å². The Bertz CT molecular complexity index is 1040. The number of nitrogens with one attached hydrogen (secondary N) is 2. The predicted octanol–water partition coefficient (Wildman–Crippen LogP) is 4.55. The number of benzene rings is 2. The summed E-state index contributed by atoms with van der Waals surface area (Å²) in [6.45, 7) is 2.27. The summed E-state index contributed by atoms with van der Waals surface area (Å²) in [5.41, 5.74) is 2.96. The van der Waals surface area contributed by atoms with Crippen LogP contribution in [0, 0.1) is 11.3 Å². The van der Waals surface area contributed by atoms with Crippen LogP contribution in [-0.4, -0.2) is 12.5 Å². The van der Waals surface area contributed by atoms with E-state index in [1.54, 1.807) is 11.3 Å². The minimum Gasteiger partial charge on any atom is -0.315 e. The van der Waals surface area contributed by atoms with Crippen LogP contribution < -0.4 is 10.6 Å². The molecule has 1 aliphatic carbocycles. The number of carbonyl (C=O) groups is 1. The Morgan fingerprint density at radius 1 is 1.22 bits per heavy atom. The first-order valence-electron chi connectivity index (χ1n) is 9.23. The zero-order valence-corrected chi connectivity index (χ0v) is 16.0. The number of amides is 1. The van der Waals surface area contributed by atoms with Crippen molar-refractivity contribution >= 4 is 33.0 Å². The van der Waals surface area contributed by atoms with Gasteiger partial charge in [-0.2, -0.15) is 5.26 Å². The molecule has 0 unspecified atom stereocenters. The highest BCUT2D eigenvalue weighted by Gasteiger charge is 2.23. The Morgan fingerprint density at radius 2 is 2.04 bits per heavy atom. The van der Waals surface area contributed by atoms with Gasteiger partial charge in [-0.15, -0.1) is 11.3 Å². The maximum absolute atomic E-state index is 12.4. The summed E-state index contributed by atoms with van der Waals surface area (Å²) in [5.74, 6) is -0.112. The van der Waals surface area contributed by atoms with Gasteiger partial charge in [-0.25, -0.2) is 0 Å². The van der Waals surface area contributed by atoms with Gasteiger partial charge in [-0.05, 0) is 48.1 Å². The maximum atomic E-state index is 12.4. The molecule has 3 aromatic rings. The molecule has 1 atom stereocenters. The first-order chi connectivity index (χ1) is 13.2. The minimum atomic E-state index is -0.112. The standard InChI is InChI=1S/C22H21N3OS/c1-14(16-9-4-7-15-6-2-3-8-17(15)16)24-13-21(26)25-22-19(12-23)18-10-5-11-20(18)27-22/h2-4,6-9,14,24H,5,10-11,13H2,1H3,(H,25,26)/t14-/m0/s1. The van der Waals surface area contributed by atoms with Crippen molar-refractivity contribution in [3.63, 3.8) is 0 Å². The topological polar surface area (TPSA) is 64.9 Å². The maximum Gasteiger partial charge on any atom is 0.238 e. The lowest BCUT2D eigenvalue weighted by molar-refractivity contribution is -0.115. The Kier molecular flexibility index (Phi) is 4.93. The zero-order chi connectivity index (χ0) is 18.8. The van der Waals surface area contributed by atoms with E-state index in [-0.39, 0.29) is 18.5 Å². The van der Waals surface area contributed by atoms with Gasteiger partial charge in [0.25, 0.3) is 0 Å². The number of nitriles is 1. The Morgan fingerprint density at radius 3 is 2.89 bits per heavy atom. The van der Waals surface area contributed by atoms with E-state index in [1.165, 1.54) is 21.2 Å². The lowest BCUT2D eigenvalue weighted by Crippen LogP contribution is -2.30. The van der Waals surface area contributed by atoms with Crippen molar-refractivity contribution < 1.29 is 4.79 Å².